The molecule has 1 rings (SSSR count). The van der Waals surface area contributed by atoms with Crippen molar-refractivity contribution in [2.24, 2.45) is 5.92 Å². The summed E-state index contributed by atoms with van der Waals surface area (Å²) < 4.78 is 5.16. The molecule has 6 heteroatoms. The van der Waals surface area contributed by atoms with Crippen molar-refractivity contribution in [1.29, 1.82) is 0 Å². The molecule has 106 valence electrons. The van der Waals surface area contributed by atoms with Crippen molar-refractivity contribution in [2.45, 2.75) is 27.3 Å². The molecule has 0 spiro atoms. The zero-order chi connectivity index (χ0) is 14.4. The number of rotatable bonds is 7. The first-order valence-electron chi connectivity index (χ1n) is 6.20. The van der Waals surface area contributed by atoms with Crippen LogP contribution in [0, 0.1) is 12.8 Å². The molecule has 0 atom stereocenters. The van der Waals surface area contributed by atoms with Gasteiger partial charge in [0.15, 0.2) is 0 Å². The largest absolute Gasteiger partial charge is 0.475 e. The maximum absolute atomic E-state index is 11.4. The van der Waals surface area contributed by atoms with E-state index < -0.39 is 5.97 Å². The third kappa shape index (κ3) is 5.13. The molecule has 0 bridgehead atoms. The number of amides is 1. The second-order valence-electron chi connectivity index (χ2n) is 4.83. The van der Waals surface area contributed by atoms with E-state index in [1.807, 2.05) is 13.8 Å². The Labute approximate surface area is 112 Å². The fourth-order valence-electron chi connectivity index (χ4n) is 1.53. The second-order valence-corrected chi connectivity index (χ2v) is 4.83. The van der Waals surface area contributed by atoms with Gasteiger partial charge < -0.3 is 20.2 Å². The minimum atomic E-state index is -1.08. The van der Waals surface area contributed by atoms with E-state index in [2.05, 4.69) is 10.6 Å². The second kappa shape index (κ2) is 6.94. The predicted molar refractivity (Wildman–Crippen MR) is 70.0 cm³/mol. The molecular weight excluding hydrogens is 248 g/mol. The summed E-state index contributed by atoms with van der Waals surface area (Å²) in [4.78, 5) is 22.2. The molecule has 0 radical (unpaired) electrons. The maximum Gasteiger partial charge on any atom is 0.372 e. The number of aryl methyl sites for hydroxylation is 1. The third-order valence-corrected chi connectivity index (χ3v) is 2.46. The summed E-state index contributed by atoms with van der Waals surface area (Å²) in [7, 11) is 0. The highest BCUT2D eigenvalue weighted by Crippen LogP contribution is 2.14. The van der Waals surface area contributed by atoms with Crippen molar-refractivity contribution in [2.75, 3.05) is 13.1 Å². The van der Waals surface area contributed by atoms with E-state index in [1.165, 1.54) is 0 Å². The van der Waals surface area contributed by atoms with Crippen molar-refractivity contribution in [3.05, 3.63) is 23.2 Å². The molecule has 0 aliphatic rings. The lowest BCUT2D eigenvalue weighted by atomic mass is 10.2. The van der Waals surface area contributed by atoms with Gasteiger partial charge in [0, 0.05) is 12.1 Å². The normalized spacial score (nSPS) is 10.7. The van der Waals surface area contributed by atoms with Gasteiger partial charge >= 0.3 is 5.97 Å². The number of carbonyl (C=O) groups excluding carboxylic acids is 1. The Morgan fingerprint density at radius 1 is 1.42 bits per heavy atom. The predicted octanol–water partition coefficient (Wildman–Crippen LogP) is 1.15. The Bertz CT molecular complexity index is 451. The summed E-state index contributed by atoms with van der Waals surface area (Å²) in [5.41, 5.74) is 0.577. The molecule has 1 aromatic rings. The highest BCUT2D eigenvalue weighted by atomic mass is 16.4. The molecule has 0 aliphatic carbocycles. The fourth-order valence-corrected chi connectivity index (χ4v) is 1.53. The Kier molecular flexibility index (Phi) is 5.57. The number of nitrogens with one attached hydrogen (secondary N) is 2. The third-order valence-electron chi connectivity index (χ3n) is 2.46. The summed E-state index contributed by atoms with van der Waals surface area (Å²) in [5, 5.41) is 14.5. The Balaban J connectivity index is 2.35. The quantitative estimate of drug-likeness (QED) is 0.690. The summed E-state index contributed by atoms with van der Waals surface area (Å²) in [6, 6.07) is 1.66. The van der Waals surface area contributed by atoms with E-state index in [0.29, 0.717) is 30.3 Å². The summed E-state index contributed by atoms with van der Waals surface area (Å²) in [5.74, 6) is -0.309. The van der Waals surface area contributed by atoms with Crippen LogP contribution in [-0.2, 0) is 11.3 Å². The molecule has 0 fully saturated rings. The van der Waals surface area contributed by atoms with E-state index in [4.69, 9.17) is 9.52 Å². The molecule has 6 nitrogen and oxygen atoms in total. The zero-order valence-corrected chi connectivity index (χ0v) is 11.4. The average Bonchev–Trinajstić information content (AvgIpc) is 2.68. The van der Waals surface area contributed by atoms with Gasteiger partial charge in [0.1, 0.15) is 5.76 Å². The van der Waals surface area contributed by atoms with Gasteiger partial charge in [-0.2, -0.15) is 0 Å². The molecule has 0 aliphatic heterocycles. The SMILES string of the molecule is Cc1cc(CNCC(=O)NCC(C)C)oc1C(=O)O. The molecule has 0 unspecified atom stereocenters. The Morgan fingerprint density at radius 2 is 2.11 bits per heavy atom. The van der Waals surface area contributed by atoms with Gasteiger partial charge in [0.25, 0.3) is 0 Å². The smallest absolute Gasteiger partial charge is 0.372 e. The molecule has 1 aromatic heterocycles. The van der Waals surface area contributed by atoms with Crippen LogP contribution in [0.5, 0.6) is 0 Å². The lowest BCUT2D eigenvalue weighted by Gasteiger charge is -2.07. The van der Waals surface area contributed by atoms with Crippen LogP contribution in [0.2, 0.25) is 0 Å². The average molecular weight is 268 g/mol. The van der Waals surface area contributed by atoms with Crippen LogP contribution in [0.15, 0.2) is 10.5 Å². The number of hydrogen-bond acceptors (Lipinski definition) is 4. The van der Waals surface area contributed by atoms with Gasteiger partial charge in [-0.25, -0.2) is 4.79 Å². The summed E-state index contributed by atoms with van der Waals surface area (Å²) >= 11 is 0. The van der Waals surface area contributed by atoms with Crippen LogP contribution in [0.25, 0.3) is 0 Å². The Morgan fingerprint density at radius 3 is 2.63 bits per heavy atom. The van der Waals surface area contributed by atoms with Crippen LogP contribution < -0.4 is 10.6 Å². The van der Waals surface area contributed by atoms with Gasteiger partial charge in [-0.15, -0.1) is 0 Å². The highest BCUT2D eigenvalue weighted by Gasteiger charge is 2.14. The first-order valence-corrected chi connectivity index (χ1v) is 6.20. The van der Waals surface area contributed by atoms with E-state index in [-0.39, 0.29) is 18.2 Å². The van der Waals surface area contributed by atoms with Gasteiger partial charge in [-0.1, -0.05) is 13.8 Å². The van der Waals surface area contributed by atoms with Crippen molar-refractivity contribution >= 4 is 11.9 Å². The maximum atomic E-state index is 11.4. The molecule has 1 amide bonds. The van der Waals surface area contributed by atoms with Crippen LogP contribution in [0.4, 0.5) is 0 Å². The first-order chi connectivity index (χ1) is 8.90. The van der Waals surface area contributed by atoms with Crippen LogP contribution in [-0.4, -0.2) is 30.1 Å². The van der Waals surface area contributed by atoms with Gasteiger partial charge in [-0.05, 0) is 18.9 Å². The topological polar surface area (TPSA) is 91.6 Å². The van der Waals surface area contributed by atoms with E-state index in [0.717, 1.165) is 0 Å². The molecule has 3 N–H and O–H groups in total. The highest BCUT2D eigenvalue weighted by molar-refractivity contribution is 5.86. The standard InChI is InChI=1S/C13H20N2O4/c1-8(2)5-15-11(16)7-14-6-10-4-9(3)12(19-10)13(17)18/h4,8,14H,5-7H2,1-3H3,(H,15,16)(H,17,18). The minimum Gasteiger partial charge on any atom is -0.475 e. The summed E-state index contributed by atoms with van der Waals surface area (Å²) in [6.07, 6.45) is 0. The summed E-state index contributed by atoms with van der Waals surface area (Å²) in [6.45, 7) is 6.85. The van der Waals surface area contributed by atoms with Crippen LogP contribution in [0.3, 0.4) is 0 Å². The lowest BCUT2D eigenvalue weighted by molar-refractivity contribution is -0.120. The molecule has 0 aromatic carbocycles. The van der Waals surface area contributed by atoms with E-state index in [9.17, 15) is 9.59 Å². The number of hydrogen-bond donors (Lipinski definition) is 3. The van der Waals surface area contributed by atoms with Crippen molar-refractivity contribution in [1.82, 2.24) is 10.6 Å². The van der Waals surface area contributed by atoms with Crippen LogP contribution in [0.1, 0.15) is 35.7 Å². The number of carbonyl (C=O) groups is 2. The van der Waals surface area contributed by atoms with E-state index >= 15 is 0 Å². The van der Waals surface area contributed by atoms with E-state index in [1.54, 1.807) is 13.0 Å². The molecule has 1 heterocycles. The Hall–Kier alpha value is -1.82. The first kappa shape index (κ1) is 15.2. The monoisotopic (exact) mass is 268 g/mol. The molecular formula is C13H20N2O4. The number of carboxylic acids is 1. The number of furan rings is 1. The lowest BCUT2D eigenvalue weighted by Crippen LogP contribution is -2.35. The van der Waals surface area contributed by atoms with Crippen molar-refractivity contribution in [3.63, 3.8) is 0 Å². The van der Waals surface area contributed by atoms with Crippen molar-refractivity contribution in [3.8, 4) is 0 Å². The van der Waals surface area contributed by atoms with Gasteiger partial charge in [-0.3, -0.25) is 4.79 Å². The van der Waals surface area contributed by atoms with Gasteiger partial charge in [0.2, 0.25) is 11.7 Å². The minimum absolute atomic E-state index is 0.0546. The number of aromatic carboxylic acids is 1. The van der Waals surface area contributed by atoms with Crippen molar-refractivity contribution < 1.29 is 19.1 Å². The molecule has 19 heavy (non-hydrogen) atoms. The van der Waals surface area contributed by atoms with Gasteiger partial charge in [0.05, 0.1) is 13.1 Å². The molecule has 0 saturated heterocycles. The van der Waals surface area contributed by atoms with Crippen LogP contribution >= 0.6 is 0 Å². The fraction of sp³-hybridized carbons (Fsp3) is 0.538. The number of carboxylic acid groups (broad SMARTS) is 1. The molecule has 0 saturated carbocycles. The zero-order valence-electron chi connectivity index (χ0n) is 11.4.